The highest BCUT2D eigenvalue weighted by Gasteiger charge is 1.98. The van der Waals surface area contributed by atoms with E-state index in [2.05, 4.69) is 19.4 Å². The molecule has 0 saturated carbocycles. The van der Waals surface area contributed by atoms with E-state index in [1.54, 1.807) is 6.08 Å². The fraction of sp³-hybridized carbons (Fsp3) is 0.333. The van der Waals surface area contributed by atoms with E-state index in [1.807, 2.05) is 24.3 Å². The molecule has 0 bridgehead atoms. The van der Waals surface area contributed by atoms with E-state index in [-0.39, 0.29) is 0 Å². The molecule has 6 heteroatoms. The van der Waals surface area contributed by atoms with Crippen LogP contribution in [0, 0.1) is 0 Å². The lowest BCUT2D eigenvalue weighted by atomic mass is 10.2. The zero-order chi connectivity index (χ0) is 15.7. The van der Waals surface area contributed by atoms with Crippen molar-refractivity contribution in [2.45, 2.75) is 0 Å². The van der Waals surface area contributed by atoms with Gasteiger partial charge < -0.3 is 24.9 Å². The Morgan fingerprint density at radius 1 is 1.29 bits per heavy atom. The van der Waals surface area contributed by atoms with Crippen LogP contribution in [0.25, 0.3) is 6.08 Å². The number of carboxylic acids is 1. The summed E-state index contributed by atoms with van der Waals surface area (Å²) in [6.45, 7) is 1.06. The number of hydrogen-bond acceptors (Lipinski definition) is 4. The largest absolute Gasteiger partial charge is 0.548 e. The summed E-state index contributed by atoms with van der Waals surface area (Å²) in [5.74, 6) is -1.03. The molecular formula is C15H20N2O4. The van der Waals surface area contributed by atoms with Crippen LogP contribution in [0.1, 0.15) is 5.56 Å². The second-order valence-electron chi connectivity index (χ2n) is 4.80. The molecule has 6 nitrogen and oxygen atoms in total. The first-order valence-corrected chi connectivity index (χ1v) is 6.65. The number of amides is 1. The van der Waals surface area contributed by atoms with Gasteiger partial charge in [-0.1, -0.05) is 12.1 Å². The molecule has 0 radical (unpaired) electrons. The number of nitrogens with one attached hydrogen (secondary N) is 2. The SMILES string of the molecule is C[NH+](C)CCOc1ccc(/C=C/C(=O)NCC(=O)[O-])cc1. The van der Waals surface area contributed by atoms with Crippen LogP contribution in [0.3, 0.4) is 0 Å². The molecule has 1 aromatic carbocycles. The normalized spacial score (nSPS) is 10.8. The van der Waals surface area contributed by atoms with Crippen LogP contribution in [-0.2, 0) is 9.59 Å². The van der Waals surface area contributed by atoms with E-state index in [0.717, 1.165) is 17.9 Å². The number of rotatable bonds is 8. The number of carbonyl (C=O) groups is 2. The Bertz CT molecular complexity index is 495. The van der Waals surface area contributed by atoms with Crippen LogP contribution in [-0.4, -0.2) is 45.7 Å². The summed E-state index contributed by atoms with van der Waals surface area (Å²) in [6.07, 6.45) is 2.87. The maximum absolute atomic E-state index is 11.3. The van der Waals surface area contributed by atoms with Crippen molar-refractivity contribution in [1.29, 1.82) is 0 Å². The van der Waals surface area contributed by atoms with E-state index < -0.39 is 18.4 Å². The third kappa shape index (κ3) is 7.74. The monoisotopic (exact) mass is 292 g/mol. The molecule has 0 aromatic heterocycles. The van der Waals surface area contributed by atoms with Crippen molar-refractivity contribution in [2.75, 3.05) is 33.8 Å². The first-order valence-electron chi connectivity index (χ1n) is 6.65. The van der Waals surface area contributed by atoms with Crippen molar-refractivity contribution >= 4 is 18.0 Å². The van der Waals surface area contributed by atoms with Gasteiger partial charge in [0, 0.05) is 6.08 Å². The van der Waals surface area contributed by atoms with Crippen LogP contribution in [0.5, 0.6) is 5.75 Å². The molecule has 0 aliphatic carbocycles. The molecule has 0 heterocycles. The molecule has 1 rings (SSSR count). The molecule has 114 valence electrons. The third-order valence-electron chi connectivity index (χ3n) is 2.59. The van der Waals surface area contributed by atoms with Gasteiger partial charge in [0.05, 0.1) is 26.6 Å². The predicted octanol–water partition coefficient (Wildman–Crippen LogP) is -1.91. The average Bonchev–Trinajstić information content (AvgIpc) is 2.44. The lowest BCUT2D eigenvalue weighted by Gasteiger charge is -2.09. The van der Waals surface area contributed by atoms with Gasteiger partial charge in [-0.2, -0.15) is 0 Å². The molecule has 0 spiro atoms. The van der Waals surface area contributed by atoms with E-state index in [9.17, 15) is 14.7 Å². The van der Waals surface area contributed by atoms with Crippen LogP contribution in [0.4, 0.5) is 0 Å². The summed E-state index contributed by atoms with van der Waals surface area (Å²) in [7, 11) is 4.12. The third-order valence-corrected chi connectivity index (χ3v) is 2.59. The minimum Gasteiger partial charge on any atom is -0.548 e. The minimum absolute atomic E-state index is 0.478. The summed E-state index contributed by atoms with van der Waals surface area (Å²) in [4.78, 5) is 22.8. The number of likely N-dealkylation sites (N-methyl/N-ethyl adjacent to an activating group) is 1. The van der Waals surface area contributed by atoms with Gasteiger partial charge >= 0.3 is 0 Å². The van der Waals surface area contributed by atoms with Crippen molar-refractivity contribution in [1.82, 2.24) is 5.32 Å². The highest BCUT2D eigenvalue weighted by Crippen LogP contribution is 2.12. The number of hydrogen-bond donors (Lipinski definition) is 2. The number of carboxylic acid groups (broad SMARTS) is 1. The second kappa shape index (κ2) is 8.76. The van der Waals surface area contributed by atoms with Crippen LogP contribution in [0.15, 0.2) is 30.3 Å². The number of ether oxygens (including phenoxy) is 1. The molecule has 0 saturated heterocycles. The lowest BCUT2D eigenvalue weighted by Crippen LogP contribution is -3.06. The molecule has 0 aliphatic rings. The Hall–Kier alpha value is -2.34. The van der Waals surface area contributed by atoms with E-state index in [0.29, 0.717) is 6.61 Å². The molecule has 0 aliphatic heterocycles. The summed E-state index contributed by atoms with van der Waals surface area (Å²) in [5, 5.41) is 12.4. The molecule has 21 heavy (non-hydrogen) atoms. The van der Waals surface area contributed by atoms with Crippen molar-refractivity contribution in [3.63, 3.8) is 0 Å². The van der Waals surface area contributed by atoms with Gasteiger partial charge in [-0.25, -0.2) is 0 Å². The number of benzene rings is 1. The molecule has 1 aromatic rings. The molecule has 2 N–H and O–H groups in total. The number of quaternary nitrogens is 1. The quantitative estimate of drug-likeness (QED) is 0.548. The zero-order valence-corrected chi connectivity index (χ0v) is 12.2. The Morgan fingerprint density at radius 3 is 2.52 bits per heavy atom. The van der Waals surface area contributed by atoms with Gasteiger partial charge in [-0.05, 0) is 23.8 Å². The maximum Gasteiger partial charge on any atom is 0.244 e. The summed E-state index contributed by atoms with van der Waals surface area (Å²) < 4.78 is 5.57. The van der Waals surface area contributed by atoms with Gasteiger partial charge in [0.25, 0.3) is 0 Å². The Kier molecular flexibility index (Phi) is 6.97. The topological polar surface area (TPSA) is 82.9 Å². The maximum atomic E-state index is 11.3. The highest BCUT2D eigenvalue weighted by molar-refractivity contribution is 5.93. The molecule has 0 atom stereocenters. The van der Waals surface area contributed by atoms with Gasteiger partial charge in [0.2, 0.25) is 5.91 Å². The Morgan fingerprint density at radius 2 is 1.95 bits per heavy atom. The summed E-state index contributed by atoms with van der Waals surface area (Å²) in [6, 6.07) is 7.29. The van der Waals surface area contributed by atoms with Crippen LogP contribution < -0.4 is 20.1 Å². The van der Waals surface area contributed by atoms with E-state index in [4.69, 9.17) is 4.74 Å². The fourth-order valence-electron chi connectivity index (χ4n) is 1.44. The van der Waals surface area contributed by atoms with E-state index >= 15 is 0 Å². The van der Waals surface area contributed by atoms with Gasteiger partial charge in [0.1, 0.15) is 18.9 Å². The van der Waals surface area contributed by atoms with Crippen molar-refractivity contribution in [2.24, 2.45) is 0 Å². The first-order chi connectivity index (χ1) is 9.97. The van der Waals surface area contributed by atoms with Gasteiger partial charge in [0.15, 0.2) is 0 Å². The smallest absolute Gasteiger partial charge is 0.244 e. The average molecular weight is 292 g/mol. The van der Waals surface area contributed by atoms with E-state index in [1.165, 1.54) is 11.0 Å². The lowest BCUT2D eigenvalue weighted by molar-refractivity contribution is -0.858. The van der Waals surface area contributed by atoms with Crippen LogP contribution in [0.2, 0.25) is 0 Å². The van der Waals surface area contributed by atoms with Gasteiger partial charge in [-0.3, -0.25) is 4.79 Å². The van der Waals surface area contributed by atoms with Crippen molar-refractivity contribution in [3.05, 3.63) is 35.9 Å². The molecular weight excluding hydrogens is 272 g/mol. The van der Waals surface area contributed by atoms with Crippen LogP contribution >= 0.6 is 0 Å². The predicted molar refractivity (Wildman–Crippen MR) is 76.7 cm³/mol. The molecule has 0 fully saturated rings. The van der Waals surface area contributed by atoms with Crippen molar-refractivity contribution < 1.29 is 24.3 Å². The highest BCUT2D eigenvalue weighted by atomic mass is 16.5. The summed E-state index contributed by atoms with van der Waals surface area (Å²) in [5.41, 5.74) is 0.823. The fourth-order valence-corrected chi connectivity index (χ4v) is 1.44. The van der Waals surface area contributed by atoms with Gasteiger partial charge in [-0.15, -0.1) is 0 Å². The number of aliphatic carboxylic acids is 1. The number of carbonyl (C=O) groups excluding carboxylic acids is 2. The molecule has 1 amide bonds. The summed E-state index contributed by atoms with van der Waals surface area (Å²) >= 11 is 0. The minimum atomic E-state index is -1.32. The second-order valence-corrected chi connectivity index (χ2v) is 4.80. The first kappa shape index (κ1) is 16.7. The van der Waals surface area contributed by atoms with Crippen molar-refractivity contribution in [3.8, 4) is 5.75 Å². The molecule has 0 unspecified atom stereocenters. The Labute approximate surface area is 124 Å². The zero-order valence-electron chi connectivity index (χ0n) is 12.2. The standard InChI is InChI=1S/C15H20N2O4/c1-17(2)9-10-21-13-6-3-12(4-7-13)5-8-14(18)16-11-15(19)20/h3-8H,9-11H2,1-2H3,(H,16,18)(H,19,20)/b8-5+. The Balaban J connectivity index is 2.43.